The minimum atomic E-state index is -0.430. The normalized spacial score (nSPS) is 14.1. The van der Waals surface area contributed by atoms with Crippen molar-refractivity contribution >= 4 is 11.6 Å². The fraction of sp³-hybridized carbons (Fsp3) is 0.462. The molecule has 2 atom stereocenters. The van der Waals surface area contributed by atoms with Crippen LogP contribution in [0.2, 0.25) is 0 Å². The van der Waals surface area contributed by atoms with E-state index in [1.165, 1.54) is 0 Å². The van der Waals surface area contributed by atoms with Gasteiger partial charge in [-0.15, -0.1) is 0 Å². The highest BCUT2D eigenvalue weighted by Gasteiger charge is 2.13. The van der Waals surface area contributed by atoms with Gasteiger partial charge >= 0.3 is 0 Å². The average Bonchev–Trinajstić information content (AvgIpc) is 2.20. The first-order chi connectivity index (χ1) is 7.90. The van der Waals surface area contributed by atoms with Gasteiger partial charge in [0.1, 0.15) is 0 Å². The third-order valence-electron chi connectivity index (χ3n) is 2.53. The van der Waals surface area contributed by atoms with Crippen LogP contribution in [0.4, 0.5) is 5.69 Å². The molecule has 0 aromatic heterocycles. The highest BCUT2D eigenvalue weighted by atomic mass is 16.3. The Morgan fingerprint density at radius 2 is 2.12 bits per heavy atom. The lowest BCUT2D eigenvalue weighted by Crippen LogP contribution is -2.35. The molecule has 0 saturated carbocycles. The van der Waals surface area contributed by atoms with Crippen LogP contribution in [-0.2, 0) is 0 Å². The van der Waals surface area contributed by atoms with Crippen molar-refractivity contribution in [1.29, 1.82) is 0 Å². The van der Waals surface area contributed by atoms with E-state index in [2.05, 4.69) is 5.32 Å². The minimum Gasteiger partial charge on any atom is -0.398 e. The third kappa shape index (κ3) is 4.07. The smallest absolute Gasteiger partial charge is 0.253 e. The molecule has 4 heteroatoms. The molecule has 17 heavy (non-hydrogen) atoms. The summed E-state index contributed by atoms with van der Waals surface area (Å²) in [5.74, 6) is -0.195. The zero-order chi connectivity index (χ0) is 13.0. The van der Waals surface area contributed by atoms with Gasteiger partial charge in [-0.2, -0.15) is 0 Å². The number of aryl methyl sites for hydroxylation is 1. The second-order valence-electron chi connectivity index (χ2n) is 4.55. The fourth-order valence-electron chi connectivity index (χ4n) is 1.74. The SMILES string of the molecule is Cc1ccc(N)c(C(=O)NC(C)CC(C)O)c1. The summed E-state index contributed by atoms with van der Waals surface area (Å²) in [6.07, 6.45) is 0.0948. The molecule has 1 rings (SSSR count). The van der Waals surface area contributed by atoms with Crippen LogP contribution in [-0.4, -0.2) is 23.2 Å². The maximum atomic E-state index is 11.9. The fourth-order valence-corrected chi connectivity index (χ4v) is 1.74. The number of hydrogen-bond donors (Lipinski definition) is 3. The van der Waals surface area contributed by atoms with Gasteiger partial charge in [0, 0.05) is 11.7 Å². The Bertz CT molecular complexity index is 402. The number of aliphatic hydroxyl groups excluding tert-OH is 1. The molecule has 1 aromatic carbocycles. The van der Waals surface area contributed by atoms with E-state index in [0.717, 1.165) is 5.56 Å². The summed E-state index contributed by atoms with van der Waals surface area (Å²) < 4.78 is 0. The Kier molecular flexibility index (Phi) is 4.52. The van der Waals surface area contributed by atoms with Crippen LogP contribution in [0.15, 0.2) is 18.2 Å². The summed E-state index contributed by atoms with van der Waals surface area (Å²) in [7, 11) is 0. The Balaban J connectivity index is 2.73. The standard InChI is InChI=1S/C13H20N2O2/c1-8-4-5-12(14)11(6-8)13(17)15-9(2)7-10(3)16/h4-6,9-10,16H,7,14H2,1-3H3,(H,15,17). The van der Waals surface area contributed by atoms with Crippen molar-refractivity contribution < 1.29 is 9.90 Å². The molecule has 0 radical (unpaired) electrons. The number of carbonyl (C=O) groups excluding carboxylic acids is 1. The first-order valence-electron chi connectivity index (χ1n) is 5.75. The van der Waals surface area contributed by atoms with Crippen molar-refractivity contribution in [2.24, 2.45) is 0 Å². The van der Waals surface area contributed by atoms with Crippen molar-refractivity contribution in [3.05, 3.63) is 29.3 Å². The molecule has 4 N–H and O–H groups in total. The molecule has 0 aliphatic rings. The van der Waals surface area contributed by atoms with E-state index in [9.17, 15) is 9.90 Å². The predicted octanol–water partition coefficient (Wildman–Crippen LogP) is 1.47. The van der Waals surface area contributed by atoms with Crippen LogP contribution in [0.1, 0.15) is 36.2 Å². The van der Waals surface area contributed by atoms with Gasteiger partial charge < -0.3 is 16.2 Å². The van der Waals surface area contributed by atoms with Crippen LogP contribution < -0.4 is 11.1 Å². The zero-order valence-corrected chi connectivity index (χ0v) is 10.5. The second kappa shape index (κ2) is 5.68. The van der Waals surface area contributed by atoms with E-state index in [-0.39, 0.29) is 11.9 Å². The van der Waals surface area contributed by atoms with Gasteiger partial charge in [0.15, 0.2) is 0 Å². The predicted molar refractivity (Wildman–Crippen MR) is 68.8 cm³/mol. The number of aliphatic hydroxyl groups is 1. The van der Waals surface area contributed by atoms with Gasteiger partial charge in [-0.1, -0.05) is 11.6 Å². The van der Waals surface area contributed by atoms with E-state index in [0.29, 0.717) is 17.7 Å². The molecule has 0 aliphatic carbocycles. The molecular formula is C13H20N2O2. The van der Waals surface area contributed by atoms with E-state index in [1.807, 2.05) is 19.9 Å². The van der Waals surface area contributed by atoms with Gasteiger partial charge in [-0.25, -0.2) is 0 Å². The summed E-state index contributed by atoms with van der Waals surface area (Å²) in [4.78, 5) is 11.9. The number of hydrogen-bond acceptors (Lipinski definition) is 3. The summed E-state index contributed by atoms with van der Waals surface area (Å²) in [5, 5.41) is 12.0. The lowest BCUT2D eigenvalue weighted by Gasteiger charge is -2.16. The van der Waals surface area contributed by atoms with E-state index >= 15 is 0 Å². The summed E-state index contributed by atoms with van der Waals surface area (Å²) in [6, 6.07) is 5.27. The molecule has 0 aliphatic heterocycles. The average molecular weight is 236 g/mol. The molecule has 2 unspecified atom stereocenters. The zero-order valence-electron chi connectivity index (χ0n) is 10.5. The molecule has 0 fully saturated rings. The Morgan fingerprint density at radius 3 is 2.71 bits per heavy atom. The first kappa shape index (κ1) is 13.5. The number of nitrogen functional groups attached to an aromatic ring is 1. The third-order valence-corrected chi connectivity index (χ3v) is 2.53. The number of anilines is 1. The largest absolute Gasteiger partial charge is 0.398 e. The molecule has 94 valence electrons. The van der Waals surface area contributed by atoms with Crippen LogP contribution in [0.3, 0.4) is 0 Å². The first-order valence-corrected chi connectivity index (χ1v) is 5.75. The lowest BCUT2D eigenvalue weighted by atomic mass is 10.1. The Hall–Kier alpha value is -1.55. The quantitative estimate of drug-likeness (QED) is 0.693. The number of nitrogens with two attached hydrogens (primary N) is 1. The molecule has 0 saturated heterocycles. The van der Waals surface area contributed by atoms with Crippen molar-refractivity contribution in [2.45, 2.75) is 39.3 Å². The van der Waals surface area contributed by atoms with Crippen LogP contribution in [0, 0.1) is 6.92 Å². The van der Waals surface area contributed by atoms with Gasteiger partial charge in [0.2, 0.25) is 0 Å². The van der Waals surface area contributed by atoms with Crippen LogP contribution in [0.25, 0.3) is 0 Å². The minimum absolute atomic E-state index is 0.0811. The maximum Gasteiger partial charge on any atom is 0.253 e. The summed E-state index contributed by atoms with van der Waals surface area (Å²) >= 11 is 0. The van der Waals surface area contributed by atoms with Gasteiger partial charge in [-0.05, 0) is 39.3 Å². The number of amides is 1. The molecule has 1 aromatic rings. The molecule has 1 amide bonds. The van der Waals surface area contributed by atoms with Crippen LogP contribution in [0.5, 0.6) is 0 Å². The molecule has 0 spiro atoms. The summed E-state index contributed by atoms with van der Waals surface area (Å²) in [5.41, 5.74) is 7.71. The van der Waals surface area contributed by atoms with E-state index in [1.54, 1.807) is 19.1 Å². The molecule has 0 heterocycles. The van der Waals surface area contributed by atoms with Gasteiger partial charge in [0.25, 0.3) is 5.91 Å². The van der Waals surface area contributed by atoms with Crippen molar-refractivity contribution in [2.75, 3.05) is 5.73 Å². The monoisotopic (exact) mass is 236 g/mol. The highest BCUT2D eigenvalue weighted by molar-refractivity contribution is 5.99. The topological polar surface area (TPSA) is 75.4 Å². The summed E-state index contributed by atoms with van der Waals surface area (Å²) in [6.45, 7) is 5.47. The van der Waals surface area contributed by atoms with Crippen molar-refractivity contribution in [3.8, 4) is 0 Å². The lowest BCUT2D eigenvalue weighted by molar-refractivity contribution is 0.0924. The van der Waals surface area contributed by atoms with E-state index < -0.39 is 6.10 Å². The second-order valence-corrected chi connectivity index (χ2v) is 4.55. The molecule has 4 nitrogen and oxygen atoms in total. The molecule has 0 bridgehead atoms. The maximum absolute atomic E-state index is 11.9. The van der Waals surface area contributed by atoms with E-state index in [4.69, 9.17) is 5.73 Å². The molecular weight excluding hydrogens is 216 g/mol. The van der Waals surface area contributed by atoms with Crippen LogP contribution >= 0.6 is 0 Å². The number of nitrogens with one attached hydrogen (secondary N) is 1. The number of carbonyl (C=O) groups is 1. The van der Waals surface area contributed by atoms with Crippen molar-refractivity contribution in [1.82, 2.24) is 5.32 Å². The Labute approximate surface area is 102 Å². The van der Waals surface area contributed by atoms with Gasteiger partial charge in [-0.3, -0.25) is 4.79 Å². The van der Waals surface area contributed by atoms with Crippen molar-refractivity contribution in [3.63, 3.8) is 0 Å². The number of rotatable bonds is 4. The number of benzene rings is 1. The van der Waals surface area contributed by atoms with Gasteiger partial charge in [0.05, 0.1) is 11.7 Å². The Morgan fingerprint density at radius 1 is 1.47 bits per heavy atom. The highest BCUT2D eigenvalue weighted by Crippen LogP contribution is 2.14.